The van der Waals surface area contributed by atoms with Crippen LogP contribution in [0.4, 0.5) is 0 Å². The van der Waals surface area contributed by atoms with E-state index in [2.05, 4.69) is 51.9 Å². The number of aromatic amines is 1. The van der Waals surface area contributed by atoms with Gasteiger partial charge in [-0.15, -0.1) is 0 Å². The second kappa shape index (κ2) is 7.82. The Kier molecular flexibility index (Phi) is 6.08. The third kappa shape index (κ3) is 4.08. The van der Waals surface area contributed by atoms with Crippen molar-refractivity contribution in [3.63, 3.8) is 0 Å². The summed E-state index contributed by atoms with van der Waals surface area (Å²) < 4.78 is 1.21. The second-order valence-corrected chi connectivity index (χ2v) is 6.37. The Morgan fingerprint density at radius 2 is 1.80 bits per heavy atom. The molecule has 1 heterocycles. The van der Waals surface area contributed by atoms with Gasteiger partial charge in [0.15, 0.2) is 0 Å². The van der Waals surface area contributed by atoms with Crippen LogP contribution in [0.1, 0.15) is 63.8 Å². The molecule has 0 aliphatic rings. The minimum absolute atomic E-state index is 0.957. The zero-order chi connectivity index (χ0) is 14.4. The predicted octanol–water partition coefficient (Wildman–Crippen LogP) is 5.79. The lowest BCUT2D eigenvalue weighted by molar-refractivity contribution is 0.607. The molecule has 20 heavy (non-hydrogen) atoms. The molecule has 0 amide bonds. The summed E-state index contributed by atoms with van der Waals surface area (Å²) in [6.07, 6.45) is 10.2. The Hall–Kier alpha value is -0.830. The molecule has 110 valence electrons. The molecule has 0 spiro atoms. The van der Waals surface area contributed by atoms with Crippen molar-refractivity contribution in [2.45, 2.75) is 65.2 Å². The number of nitrogens with one attached hydrogen (secondary N) is 1. The van der Waals surface area contributed by atoms with Gasteiger partial charge in [-0.2, -0.15) is 0 Å². The first-order valence-corrected chi connectivity index (χ1v) is 8.71. The van der Waals surface area contributed by atoms with Gasteiger partial charge in [0.2, 0.25) is 0 Å². The van der Waals surface area contributed by atoms with Crippen molar-refractivity contribution in [2.75, 3.05) is 0 Å². The highest BCUT2D eigenvalue weighted by Crippen LogP contribution is 2.25. The second-order valence-electron chi connectivity index (χ2n) is 5.52. The first kappa shape index (κ1) is 15.6. The van der Waals surface area contributed by atoms with Gasteiger partial charge < -0.3 is 4.98 Å². The number of halogens is 1. The van der Waals surface area contributed by atoms with Crippen molar-refractivity contribution in [2.24, 2.45) is 0 Å². The normalized spacial score (nSPS) is 11.3. The molecular formula is C17H25BrN2. The summed E-state index contributed by atoms with van der Waals surface area (Å²) in [5, 5.41) is 0. The average Bonchev–Trinajstić information content (AvgIpc) is 2.84. The molecule has 0 aliphatic carbocycles. The summed E-state index contributed by atoms with van der Waals surface area (Å²) in [5.41, 5.74) is 3.63. The summed E-state index contributed by atoms with van der Waals surface area (Å²) in [6.45, 7) is 4.39. The molecule has 0 unspecified atom stereocenters. The lowest BCUT2D eigenvalue weighted by Crippen LogP contribution is -1.89. The maximum absolute atomic E-state index is 4.63. The van der Waals surface area contributed by atoms with Crippen LogP contribution >= 0.6 is 15.9 Å². The van der Waals surface area contributed by atoms with E-state index >= 15 is 0 Å². The van der Waals surface area contributed by atoms with Crippen LogP contribution in [0.2, 0.25) is 0 Å². The molecule has 0 fully saturated rings. The van der Waals surface area contributed by atoms with E-state index in [0.29, 0.717) is 0 Å². The van der Waals surface area contributed by atoms with Gasteiger partial charge in [0, 0.05) is 10.9 Å². The van der Waals surface area contributed by atoms with Crippen molar-refractivity contribution < 1.29 is 0 Å². The smallest absolute Gasteiger partial charge is 0.106 e. The molecular weight excluding hydrogens is 312 g/mol. The molecule has 1 aromatic heterocycles. The third-order valence-corrected chi connectivity index (χ3v) is 4.57. The Morgan fingerprint density at radius 1 is 1.05 bits per heavy atom. The minimum Gasteiger partial charge on any atom is -0.342 e. The van der Waals surface area contributed by atoms with Crippen LogP contribution in [-0.2, 0) is 12.8 Å². The monoisotopic (exact) mass is 336 g/mol. The van der Waals surface area contributed by atoms with Gasteiger partial charge in [-0.3, -0.25) is 0 Å². The van der Waals surface area contributed by atoms with Crippen LogP contribution in [-0.4, -0.2) is 9.97 Å². The van der Waals surface area contributed by atoms with E-state index in [4.69, 9.17) is 0 Å². The van der Waals surface area contributed by atoms with E-state index < -0.39 is 0 Å². The van der Waals surface area contributed by atoms with Crippen LogP contribution < -0.4 is 0 Å². The quantitative estimate of drug-likeness (QED) is 0.607. The average molecular weight is 337 g/mol. The van der Waals surface area contributed by atoms with Gasteiger partial charge in [0.25, 0.3) is 0 Å². The number of H-pyrrole nitrogens is 1. The van der Waals surface area contributed by atoms with Crippen molar-refractivity contribution in [1.82, 2.24) is 9.97 Å². The topological polar surface area (TPSA) is 28.7 Å². The number of imidazole rings is 1. The molecule has 3 heteroatoms. The summed E-state index contributed by atoms with van der Waals surface area (Å²) in [7, 11) is 0. The van der Waals surface area contributed by atoms with Crippen molar-refractivity contribution >= 4 is 27.0 Å². The van der Waals surface area contributed by atoms with Gasteiger partial charge >= 0.3 is 0 Å². The zero-order valence-electron chi connectivity index (χ0n) is 12.6. The lowest BCUT2D eigenvalue weighted by atomic mass is 10.0. The van der Waals surface area contributed by atoms with E-state index in [9.17, 15) is 0 Å². The lowest BCUT2D eigenvalue weighted by Gasteiger charge is -2.05. The number of benzene rings is 1. The van der Waals surface area contributed by atoms with Crippen LogP contribution in [0.25, 0.3) is 11.0 Å². The molecule has 1 N–H and O–H groups in total. The van der Waals surface area contributed by atoms with E-state index in [-0.39, 0.29) is 0 Å². The largest absolute Gasteiger partial charge is 0.342 e. The third-order valence-electron chi connectivity index (χ3n) is 3.83. The molecule has 0 radical (unpaired) electrons. The standard InChI is InChI=1S/C17H25BrN2/c1-3-5-6-7-8-9-10-13-11-15-16(12-14(13)18)20-17(4-2)19-15/h11-12H,3-10H2,1-2H3,(H,19,20). The summed E-state index contributed by atoms with van der Waals surface area (Å²) in [4.78, 5) is 7.99. The highest BCUT2D eigenvalue weighted by molar-refractivity contribution is 9.10. The van der Waals surface area contributed by atoms with E-state index in [1.165, 1.54) is 48.6 Å². The first-order valence-electron chi connectivity index (χ1n) is 7.91. The van der Waals surface area contributed by atoms with Crippen LogP contribution in [0.15, 0.2) is 16.6 Å². The molecule has 0 aliphatic heterocycles. The molecule has 0 saturated carbocycles. The highest BCUT2D eigenvalue weighted by Gasteiger charge is 2.06. The summed E-state index contributed by atoms with van der Waals surface area (Å²) >= 11 is 3.69. The molecule has 1 aromatic carbocycles. The maximum atomic E-state index is 4.63. The number of rotatable bonds is 8. The molecule has 0 atom stereocenters. The Morgan fingerprint density at radius 3 is 2.55 bits per heavy atom. The van der Waals surface area contributed by atoms with E-state index in [0.717, 1.165) is 29.7 Å². The number of aromatic nitrogens is 2. The Labute approximate surface area is 130 Å². The van der Waals surface area contributed by atoms with Gasteiger partial charge in [-0.05, 0) is 30.5 Å². The number of nitrogens with zero attached hydrogens (tertiary/aromatic N) is 1. The van der Waals surface area contributed by atoms with Gasteiger partial charge in [-0.25, -0.2) is 4.98 Å². The van der Waals surface area contributed by atoms with E-state index in [1.54, 1.807) is 0 Å². The van der Waals surface area contributed by atoms with E-state index in [1.807, 2.05) is 0 Å². The maximum Gasteiger partial charge on any atom is 0.106 e. The van der Waals surface area contributed by atoms with Crippen molar-refractivity contribution in [1.29, 1.82) is 0 Å². The van der Waals surface area contributed by atoms with Crippen molar-refractivity contribution in [3.05, 3.63) is 28.0 Å². The van der Waals surface area contributed by atoms with Gasteiger partial charge in [0.1, 0.15) is 5.82 Å². The zero-order valence-corrected chi connectivity index (χ0v) is 14.2. The Balaban J connectivity index is 1.94. The molecule has 2 rings (SSSR count). The number of unbranched alkanes of at least 4 members (excludes halogenated alkanes) is 5. The fraction of sp³-hybridized carbons (Fsp3) is 0.588. The summed E-state index contributed by atoms with van der Waals surface area (Å²) in [5.74, 6) is 1.07. The molecule has 2 aromatic rings. The number of aryl methyl sites for hydroxylation is 2. The number of fused-ring (bicyclic) bond motifs is 1. The Bertz CT molecular complexity index is 545. The molecule has 0 bridgehead atoms. The fourth-order valence-electron chi connectivity index (χ4n) is 2.58. The van der Waals surface area contributed by atoms with Crippen LogP contribution in [0.3, 0.4) is 0 Å². The first-order chi connectivity index (χ1) is 9.74. The molecule has 0 saturated heterocycles. The van der Waals surface area contributed by atoms with Crippen LogP contribution in [0.5, 0.6) is 0 Å². The van der Waals surface area contributed by atoms with Gasteiger partial charge in [0.05, 0.1) is 11.0 Å². The predicted molar refractivity (Wildman–Crippen MR) is 90.3 cm³/mol. The van der Waals surface area contributed by atoms with Crippen molar-refractivity contribution in [3.8, 4) is 0 Å². The van der Waals surface area contributed by atoms with Crippen LogP contribution in [0, 0.1) is 0 Å². The van der Waals surface area contributed by atoms with Gasteiger partial charge in [-0.1, -0.05) is 61.9 Å². The minimum atomic E-state index is 0.957. The molecule has 2 nitrogen and oxygen atoms in total. The SMILES string of the molecule is CCCCCCCCc1cc2nc(CC)[nH]c2cc1Br. The fourth-order valence-corrected chi connectivity index (χ4v) is 3.12. The number of hydrogen-bond donors (Lipinski definition) is 1. The number of hydrogen-bond acceptors (Lipinski definition) is 1. The highest BCUT2D eigenvalue weighted by atomic mass is 79.9. The summed E-state index contributed by atoms with van der Waals surface area (Å²) in [6, 6.07) is 4.41.